The van der Waals surface area contributed by atoms with Gasteiger partial charge in [0.05, 0.1) is 22.6 Å². The molecule has 0 spiro atoms. The number of carbonyl (C=O) groups is 2. The molecule has 160 valence electrons. The molecule has 0 aliphatic carbocycles. The summed E-state index contributed by atoms with van der Waals surface area (Å²) in [4.78, 5) is 37.3. The summed E-state index contributed by atoms with van der Waals surface area (Å²) in [5.74, 6) is -0.730. The number of amides is 2. The molecule has 0 saturated heterocycles. The third-order valence-corrected chi connectivity index (χ3v) is 5.11. The van der Waals surface area contributed by atoms with E-state index >= 15 is 0 Å². The summed E-state index contributed by atoms with van der Waals surface area (Å²) in [6.07, 6.45) is 0. The van der Waals surface area contributed by atoms with Crippen LogP contribution in [0.4, 0.5) is 11.4 Å². The maximum absolute atomic E-state index is 13.1. The molecule has 7 nitrogen and oxygen atoms in total. The van der Waals surface area contributed by atoms with Crippen LogP contribution in [0.5, 0.6) is 0 Å². The first-order valence-electron chi connectivity index (χ1n) is 9.84. The highest BCUT2D eigenvalue weighted by atomic mass is 35.5. The van der Waals surface area contributed by atoms with Crippen molar-refractivity contribution in [2.75, 3.05) is 10.6 Å². The molecule has 8 heteroatoms. The summed E-state index contributed by atoms with van der Waals surface area (Å²) in [6.45, 7) is 1.63. The number of hydrogen-bond acceptors (Lipinski definition) is 4. The predicted octanol–water partition coefficient (Wildman–Crippen LogP) is 4.31. The van der Waals surface area contributed by atoms with Gasteiger partial charge in [-0.15, -0.1) is 0 Å². The zero-order valence-corrected chi connectivity index (χ0v) is 17.9. The van der Waals surface area contributed by atoms with E-state index in [2.05, 4.69) is 15.7 Å². The highest BCUT2D eigenvalue weighted by Crippen LogP contribution is 2.26. The molecule has 4 aromatic rings. The largest absolute Gasteiger partial charge is 0.326 e. The maximum atomic E-state index is 13.1. The molecule has 0 aliphatic rings. The predicted molar refractivity (Wildman–Crippen MR) is 125 cm³/mol. The van der Waals surface area contributed by atoms with Gasteiger partial charge in [0.25, 0.3) is 11.5 Å². The van der Waals surface area contributed by atoms with Gasteiger partial charge in [0, 0.05) is 18.0 Å². The van der Waals surface area contributed by atoms with Crippen molar-refractivity contribution in [1.29, 1.82) is 0 Å². The maximum Gasteiger partial charge on any atom is 0.276 e. The highest BCUT2D eigenvalue weighted by molar-refractivity contribution is 6.34. The van der Waals surface area contributed by atoms with Crippen LogP contribution in [0, 0.1) is 0 Å². The lowest BCUT2D eigenvalue weighted by atomic mass is 10.1. The zero-order chi connectivity index (χ0) is 22.7. The van der Waals surface area contributed by atoms with Crippen LogP contribution in [-0.4, -0.2) is 21.6 Å². The number of halogens is 1. The van der Waals surface area contributed by atoms with Crippen molar-refractivity contribution >= 4 is 45.6 Å². The van der Waals surface area contributed by atoms with Crippen molar-refractivity contribution in [3.8, 4) is 0 Å². The minimum atomic E-state index is -0.503. The number of carbonyl (C=O) groups excluding carboxylic acids is 2. The van der Waals surface area contributed by atoms with Crippen molar-refractivity contribution in [1.82, 2.24) is 9.78 Å². The van der Waals surface area contributed by atoms with Crippen molar-refractivity contribution in [3.63, 3.8) is 0 Å². The fourth-order valence-electron chi connectivity index (χ4n) is 3.35. The molecular formula is C24H19ClN4O3. The van der Waals surface area contributed by atoms with Gasteiger partial charge in [0.2, 0.25) is 5.91 Å². The summed E-state index contributed by atoms with van der Waals surface area (Å²) in [7, 11) is 0. The van der Waals surface area contributed by atoms with Crippen molar-refractivity contribution in [3.05, 3.63) is 99.4 Å². The van der Waals surface area contributed by atoms with E-state index in [1.54, 1.807) is 42.5 Å². The third kappa shape index (κ3) is 4.53. The van der Waals surface area contributed by atoms with Crippen LogP contribution in [-0.2, 0) is 11.3 Å². The molecule has 1 heterocycles. The van der Waals surface area contributed by atoms with Gasteiger partial charge in [0.15, 0.2) is 5.69 Å². The Labute approximate surface area is 188 Å². The van der Waals surface area contributed by atoms with E-state index in [9.17, 15) is 14.4 Å². The van der Waals surface area contributed by atoms with Gasteiger partial charge in [-0.05, 0) is 29.8 Å². The van der Waals surface area contributed by atoms with Crippen LogP contribution in [0.1, 0.15) is 23.0 Å². The highest BCUT2D eigenvalue weighted by Gasteiger charge is 2.18. The molecular weight excluding hydrogens is 428 g/mol. The van der Waals surface area contributed by atoms with Gasteiger partial charge in [-0.1, -0.05) is 60.1 Å². The Kier molecular flexibility index (Phi) is 6.00. The molecule has 2 amide bonds. The molecule has 1 aromatic heterocycles. The molecule has 0 aliphatic heterocycles. The van der Waals surface area contributed by atoms with Gasteiger partial charge >= 0.3 is 0 Å². The quantitative estimate of drug-likeness (QED) is 0.477. The first-order valence-corrected chi connectivity index (χ1v) is 10.2. The Morgan fingerprint density at radius 1 is 0.938 bits per heavy atom. The molecule has 0 fully saturated rings. The molecule has 3 aromatic carbocycles. The van der Waals surface area contributed by atoms with Gasteiger partial charge in [-0.3, -0.25) is 14.4 Å². The first kappa shape index (κ1) is 21.3. The lowest BCUT2D eigenvalue weighted by molar-refractivity contribution is -0.114. The van der Waals surface area contributed by atoms with Gasteiger partial charge in [-0.2, -0.15) is 5.10 Å². The molecule has 0 unspecified atom stereocenters. The lowest BCUT2D eigenvalue weighted by Gasteiger charge is -2.13. The second-order valence-corrected chi connectivity index (χ2v) is 7.58. The summed E-state index contributed by atoms with van der Waals surface area (Å²) < 4.78 is 1.29. The van der Waals surface area contributed by atoms with Gasteiger partial charge in [-0.25, -0.2) is 4.68 Å². The number of anilines is 2. The molecule has 0 saturated carbocycles. The van der Waals surface area contributed by atoms with Crippen LogP contribution < -0.4 is 16.2 Å². The van der Waals surface area contributed by atoms with E-state index < -0.39 is 5.91 Å². The minimum absolute atomic E-state index is 0.109. The molecule has 32 heavy (non-hydrogen) atoms. The van der Waals surface area contributed by atoms with E-state index in [1.807, 2.05) is 30.3 Å². The van der Waals surface area contributed by atoms with Crippen molar-refractivity contribution < 1.29 is 9.59 Å². The van der Waals surface area contributed by atoms with Crippen molar-refractivity contribution in [2.45, 2.75) is 13.5 Å². The summed E-state index contributed by atoms with van der Waals surface area (Å²) in [5.41, 5.74) is 1.59. The molecule has 0 atom stereocenters. The Bertz CT molecular complexity index is 1380. The molecule has 0 bridgehead atoms. The number of aromatic nitrogens is 2. The Morgan fingerprint density at radius 3 is 2.31 bits per heavy atom. The van der Waals surface area contributed by atoms with Gasteiger partial charge in [0.1, 0.15) is 0 Å². The van der Waals surface area contributed by atoms with Crippen LogP contribution >= 0.6 is 11.6 Å². The standard InChI is InChI=1S/C24H19ClN4O3/c1-15(30)26-17-11-12-21(20(25)13-17)27-23(31)22-18-9-5-6-10-19(18)24(32)29(28-22)14-16-7-3-2-4-8-16/h2-13H,14H2,1H3,(H,26,30)(H,27,31). The number of nitrogens with zero attached hydrogens (tertiary/aromatic N) is 2. The van der Waals surface area contributed by atoms with E-state index in [4.69, 9.17) is 11.6 Å². The van der Waals surface area contributed by atoms with Crippen LogP contribution in [0.15, 0.2) is 77.6 Å². The SMILES string of the molecule is CC(=O)Nc1ccc(NC(=O)c2nn(Cc3ccccc3)c(=O)c3ccccc23)c(Cl)c1. The van der Waals surface area contributed by atoms with E-state index in [0.29, 0.717) is 22.1 Å². The minimum Gasteiger partial charge on any atom is -0.326 e. The number of hydrogen-bond donors (Lipinski definition) is 2. The van der Waals surface area contributed by atoms with Crippen LogP contribution in [0.2, 0.25) is 5.02 Å². The topological polar surface area (TPSA) is 93.1 Å². The average Bonchev–Trinajstić information content (AvgIpc) is 2.78. The van der Waals surface area contributed by atoms with Crippen molar-refractivity contribution in [2.24, 2.45) is 0 Å². The fourth-order valence-corrected chi connectivity index (χ4v) is 3.57. The van der Waals surface area contributed by atoms with Gasteiger partial charge < -0.3 is 10.6 Å². The third-order valence-electron chi connectivity index (χ3n) is 4.80. The van der Waals surface area contributed by atoms with Crippen LogP contribution in [0.3, 0.4) is 0 Å². The Hall–Kier alpha value is -3.97. The molecule has 0 radical (unpaired) electrons. The smallest absolute Gasteiger partial charge is 0.276 e. The Morgan fingerprint density at radius 2 is 1.62 bits per heavy atom. The van der Waals surface area contributed by atoms with E-state index in [0.717, 1.165) is 5.56 Å². The van der Waals surface area contributed by atoms with Crippen LogP contribution in [0.25, 0.3) is 10.8 Å². The zero-order valence-electron chi connectivity index (χ0n) is 17.1. The lowest BCUT2D eigenvalue weighted by Crippen LogP contribution is -2.28. The second kappa shape index (κ2) is 9.03. The van der Waals surface area contributed by atoms with E-state index in [-0.39, 0.29) is 28.7 Å². The number of rotatable bonds is 5. The number of benzene rings is 3. The summed E-state index contributed by atoms with van der Waals surface area (Å²) in [6, 6.07) is 21.0. The number of nitrogens with one attached hydrogen (secondary N) is 2. The normalized spacial score (nSPS) is 10.7. The Balaban J connectivity index is 1.72. The summed E-state index contributed by atoms with van der Waals surface area (Å²) >= 11 is 6.28. The average molecular weight is 447 g/mol. The van der Waals surface area contributed by atoms with E-state index in [1.165, 1.54) is 11.6 Å². The second-order valence-electron chi connectivity index (χ2n) is 7.17. The molecule has 4 rings (SSSR count). The summed E-state index contributed by atoms with van der Waals surface area (Å²) in [5, 5.41) is 10.9. The monoisotopic (exact) mass is 446 g/mol. The number of fused-ring (bicyclic) bond motifs is 1. The fraction of sp³-hybridized carbons (Fsp3) is 0.0833. The molecule has 2 N–H and O–H groups in total. The first-order chi connectivity index (χ1) is 15.4.